The van der Waals surface area contributed by atoms with Crippen LogP contribution in [-0.4, -0.2) is 91.6 Å². The number of ether oxygens (including phenoxy) is 2. The van der Waals surface area contributed by atoms with Crippen molar-refractivity contribution in [2.45, 2.75) is 32.6 Å². The van der Waals surface area contributed by atoms with Crippen molar-refractivity contribution >= 4 is 35.8 Å². The van der Waals surface area contributed by atoms with Gasteiger partial charge in [0.15, 0.2) is 0 Å². The molecule has 0 aromatic heterocycles. The minimum absolute atomic E-state index is 0.00506. The molecule has 0 radical (unpaired) electrons. The number of rotatable bonds is 5. The van der Waals surface area contributed by atoms with Gasteiger partial charge >= 0.3 is 0 Å². The Bertz CT molecular complexity index is 1210. The van der Waals surface area contributed by atoms with E-state index in [1.165, 1.54) is 0 Å². The summed E-state index contributed by atoms with van der Waals surface area (Å²) in [6.07, 6.45) is 0.894. The lowest BCUT2D eigenvalue weighted by Crippen LogP contribution is -2.39. The second kappa shape index (κ2) is 16.0. The Balaban J connectivity index is 0.00000147. The molecular weight excluding hydrogens is 550 g/mol. The van der Waals surface area contributed by atoms with Crippen molar-refractivity contribution in [1.29, 1.82) is 0 Å². The highest BCUT2D eigenvalue weighted by atomic mass is 35.5. The molecule has 0 unspecified atom stereocenters. The highest BCUT2D eigenvalue weighted by Crippen LogP contribution is 2.35. The van der Waals surface area contributed by atoms with Gasteiger partial charge in [0.2, 0.25) is 11.8 Å². The summed E-state index contributed by atoms with van der Waals surface area (Å²) in [5.74, 6) is -0.0157. The van der Waals surface area contributed by atoms with Crippen LogP contribution in [0.5, 0.6) is 5.75 Å². The molecule has 2 atom stereocenters. The Morgan fingerprint density at radius 3 is 2.66 bits per heavy atom. The highest BCUT2D eigenvalue weighted by Gasteiger charge is 2.40. The smallest absolute Gasteiger partial charge is 0.290 e. The molecule has 1 saturated heterocycles. The van der Waals surface area contributed by atoms with Crippen molar-refractivity contribution in [2.24, 2.45) is 5.92 Å². The van der Waals surface area contributed by atoms with Gasteiger partial charge in [0, 0.05) is 49.3 Å². The topological polar surface area (TPSA) is 125 Å². The number of aryl methyl sites for hydroxylation is 1. The lowest BCUT2D eigenvalue weighted by Gasteiger charge is -2.25. The average Bonchev–Trinajstić information content (AvgIpc) is 3.41. The molecule has 41 heavy (non-hydrogen) atoms. The standard InChI is InChI=1S/C29H36ClN3O5.CH2O2/c1-3-37-14-10-27(34)33-18-25-21-6-4-7-23(16-21)38-15-13-32(12-5-11-31-28(35)26(25)19-33)29(36)24-17-22(30)9-8-20(24)2;2-1-3/h4,6-9,16-17,25-26H,3,5,10-15,18-19H2,1-2H3,(H,31,35);1H,(H,2,3)/t25-,26+;/m1./s1. The van der Waals surface area contributed by atoms with Crippen LogP contribution in [0.1, 0.15) is 47.2 Å². The van der Waals surface area contributed by atoms with Gasteiger partial charge in [-0.3, -0.25) is 19.2 Å². The molecule has 1 fully saturated rings. The van der Waals surface area contributed by atoms with Crippen molar-refractivity contribution in [3.63, 3.8) is 0 Å². The van der Waals surface area contributed by atoms with E-state index in [2.05, 4.69) is 5.32 Å². The van der Waals surface area contributed by atoms with Crippen molar-refractivity contribution in [1.82, 2.24) is 15.1 Å². The summed E-state index contributed by atoms with van der Waals surface area (Å²) in [7, 11) is 0. The summed E-state index contributed by atoms with van der Waals surface area (Å²) in [6.45, 7) is 6.95. The molecule has 0 aliphatic carbocycles. The zero-order valence-electron chi connectivity index (χ0n) is 23.5. The van der Waals surface area contributed by atoms with Crippen LogP contribution in [0.25, 0.3) is 0 Å². The van der Waals surface area contributed by atoms with Gasteiger partial charge in [-0.1, -0.05) is 29.8 Å². The predicted molar refractivity (Wildman–Crippen MR) is 154 cm³/mol. The summed E-state index contributed by atoms with van der Waals surface area (Å²) in [4.78, 5) is 51.4. The lowest BCUT2D eigenvalue weighted by molar-refractivity contribution is -0.131. The first kappa shape index (κ1) is 31.9. The normalized spacial score (nSPS) is 19.0. The van der Waals surface area contributed by atoms with Crippen LogP contribution in [0.3, 0.4) is 0 Å². The molecule has 4 rings (SSSR count). The van der Waals surface area contributed by atoms with E-state index in [-0.39, 0.29) is 36.0 Å². The molecule has 0 saturated carbocycles. The Morgan fingerprint density at radius 2 is 1.90 bits per heavy atom. The Labute approximate surface area is 245 Å². The van der Waals surface area contributed by atoms with Gasteiger partial charge in [-0.15, -0.1) is 0 Å². The predicted octanol–water partition coefficient (Wildman–Crippen LogP) is 3.36. The number of amides is 3. The van der Waals surface area contributed by atoms with Crippen molar-refractivity contribution < 1.29 is 33.8 Å². The van der Waals surface area contributed by atoms with Crippen LogP contribution in [0.2, 0.25) is 5.02 Å². The van der Waals surface area contributed by atoms with Crippen molar-refractivity contribution in [3.8, 4) is 5.75 Å². The molecule has 2 aliphatic rings. The maximum Gasteiger partial charge on any atom is 0.290 e. The summed E-state index contributed by atoms with van der Waals surface area (Å²) >= 11 is 6.16. The van der Waals surface area contributed by atoms with Gasteiger partial charge < -0.3 is 29.7 Å². The zero-order valence-corrected chi connectivity index (χ0v) is 24.3. The number of carbonyl (C=O) groups excluding carboxylic acids is 3. The maximum atomic E-state index is 13.4. The van der Waals surface area contributed by atoms with Crippen LogP contribution in [0.4, 0.5) is 0 Å². The zero-order chi connectivity index (χ0) is 29.8. The molecule has 222 valence electrons. The minimum atomic E-state index is -0.365. The second-order valence-corrected chi connectivity index (χ2v) is 10.3. The van der Waals surface area contributed by atoms with E-state index in [9.17, 15) is 14.4 Å². The first-order valence-corrected chi connectivity index (χ1v) is 14.2. The van der Waals surface area contributed by atoms with Crippen LogP contribution >= 0.6 is 11.6 Å². The third-order valence-corrected chi connectivity index (χ3v) is 7.45. The highest BCUT2D eigenvalue weighted by molar-refractivity contribution is 6.31. The molecule has 0 spiro atoms. The summed E-state index contributed by atoms with van der Waals surface area (Å²) in [5.41, 5.74) is 2.38. The van der Waals surface area contributed by atoms with Gasteiger partial charge in [0.1, 0.15) is 12.4 Å². The molecule has 2 aromatic rings. The van der Waals surface area contributed by atoms with Gasteiger partial charge in [0.25, 0.3) is 12.4 Å². The minimum Gasteiger partial charge on any atom is -0.492 e. The Morgan fingerprint density at radius 1 is 1.15 bits per heavy atom. The molecule has 2 bridgehead atoms. The van der Waals surface area contributed by atoms with E-state index < -0.39 is 0 Å². The fraction of sp³-hybridized carbons (Fsp3) is 0.467. The molecule has 2 aliphatic heterocycles. The monoisotopic (exact) mass is 587 g/mol. The average molecular weight is 588 g/mol. The summed E-state index contributed by atoms with van der Waals surface area (Å²) in [5, 5.41) is 10.5. The number of hydrogen-bond acceptors (Lipinski definition) is 6. The maximum absolute atomic E-state index is 13.4. The van der Waals surface area contributed by atoms with Crippen LogP contribution < -0.4 is 10.1 Å². The summed E-state index contributed by atoms with van der Waals surface area (Å²) < 4.78 is 11.4. The Hall–Kier alpha value is -3.63. The van der Waals surface area contributed by atoms with E-state index in [1.54, 1.807) is 21.9 Å². The number of fused-ring (bicyclic) bond motifs is 4. The number of carboxylic acid groups (broad SMARTS) is 1. The number of hydrogen-bond donors (Lipinski definition) is 2. The number of likely N-dealkylation sites (tertiary alicyclic amines) is 1. The SMILES string of the molecule is CCOCCC(=O)N1C[C@@H]2C(=O)NCCCN(C(=O)c3cc(Cl)ccc3C)CCOc3cccc(c3)[C@H]2C1.O=CO. The molecule has 2 heterocycles. The number of nitrogens with zero attached hydrogens (tertiary/aromatic N) is 2. The second-order valence-electron chi connectivity index (χ2n) is 9.88. The number of nitrogens with one attached hydrogen (secondary N) is 1. The van der Waals surface area contributed by atoms with Crippen molar-refractivity contribution in [2.75, 3.05) is 52.5 Å². The molecule has 2 N–H and O–H groups in total. The molecular formula is C30H38ClN3O7. The molecule has 10 nitrogen and oxygen atoms in total. The fourth-order valence-corrected chi connectivity index (χ4v) is 5.28. The first-order chi connectivity index (χ1) is 19.8. The first-order valence-electron chi connectivity index (χ1n) is 13.8. The quantitative estimate of drug-likeness (QED) is 0.406. The number of halogens is 1. The van der Waals surface area contributed by atoms with Gasteiger partial charge in [-0.2, -0.15) is 0 Å². The van der Waals surface area contributed by atoms with E-state index in [4.69, 9.17) is 31.0 Å². The Kier molecular flexibility index (Phi) is 12.4. The largest absolute Gasteiger partial charge is 0.492 e. The van der Waals surface area contributed by atoms with Crippen LogP contribution in [0, 0.1) is 12.8 Å². The third kappa shape index (κ3) is 8.93. The van der Waals surface area contributed by atoms with E-state index in [0.29, 0.717) is 81.7 Å². The lowest BCUT2D eigenvalue weighted by atomic mass is 9.88. The van der Waals surface area contributed by atoms with E-state index >= 15 is 0 Å². The van der Waals surface area contributed by atoms with Gasteiger partial charge in [0.05, 0.1) is 25.5 Å². The molecule has 11 heteroatoms. The van der Waals surface area contributed by atoms with E-state index in [1.807, 2.05) is 44.2 Å². The number of carbonyl (C=O) groups is 4. The molecule has 2 aromatic carbocycles. The molecule has 3 amide bonds. The summed E-state index contributed by atoms with van der Waals surface area (Å²) in [6, 6.07) is 13.0. The van der Waals surface area contributed by atoms with Crippen LogP contribution in [-0.2, 0) is 19.1 Å². The van der Waals surface area contributed by atoms with Gasteiger partial charge in [-0.05, 0) is 55.7 Å². The fourth-order valence-electron chi connectivity index (χ4n) is 5.10. The van der Waals surface area contributed by atoms with Crippen LogP contribution in [0.15, 0.2) is 42.5 Å². The van der Waals surface area contributed by atoms with Gasteiger partial charge in [-0.25, -0.2) is 0 Å². The number of benzene rings is 2. The van der Waals surface area contributed by atoms with Crippen molar-refractivity contribution in [3.05, 3.63) is 64.2 Å². The third-order valence-electron chi connectivity index (χ3n) is 7.21. The van der Waals surface area contributed by atoms with E-state index in [0.717, 1.165) is 11.1 Å².